The van der Waals surface area contributed by atoms with Crippen LogP contribution in [0.5, 0.6) is 0 Å². The molecule has 9 heteroatoms. The number of rotatable bonds is 5. The monoisotopic (exact) mass is 306 g/mol. The van der Waals surface area contributed by atoms with E-state index in [-0.39, 0.29) is 22.7 Å². The summed E-state index contributed by atoms with van der Waals surface area (Å²) in [6.45, 7) is 1.30. The molecule has 0 saturated heterocycles. The van der Waals surface area contributed by atoms with Gasteiger partial charge >= 0.3 is 0 Å². The minimum absolute atomic E-state index is 0.112. The van der Waals surface area contributed by atoms with Crippen molar-refractivity contribution in [1.29, 1.82) is 0 Å². The van der Waals surface area contributed by atoms with E-state index < -0.39 is 20.0 Å². The second-order valence-electron chi connectivity index (χ2n) is 4.10. The Morgan fingerprint density at radius 2 is 1.26 bits per heavy atom. The van der Waals surface area contributed by atoms with Crippen molar-refractivity contribution in [3.05, 3.63) is 23.8 Å². The summed E-state index contributed by atoms with van der Waals surface area (Å²) < 4.78 is 49.0. The number of Topliss-reactive ketones (excluding diaryl/α,β-unsaturated/α-hetero) is 1. The second-order valence-corrected chi connectivity index (χ2v) is 7.60. The molecule has 0 aliphatic rings. The SMILES string of the molecule is CC(=O)c1cc(NS(C)(=O)=O)cc(NS(C)(=O)=O)c1. The maximum Gasteiger partial charge on any atom is 0.229 e. The van der Waals surface area contributed by atoms with Gasteiger partial charge in [-0.25, -0.2) is 16.8 Å². The van der Waals surface area contributed by atoms with E-state index in [1.165, 1.54) is 25.1 Å². The molecule has 0 fully saturated rings. The van der Waals surface area contributed by atoms with Gasteiger partial charge < -0.3 is 0 Å². The third kappa shape index (κ3) is 5.71. The Labute approximate surface area is 112 Å². The Kier molecular flexibility index (Phi) is 4.21. The van der Waals surface area contributed by atoms with Gasteiger partial charge in [-0.15, -0.1) is 0 Å². The molecular formula is C10H14N2O5S2. The van der Waals surface area contributed by atoms with Gasteiger partial charge in [0.1, 0.15) is 0 Å². The Hall–Kier alpha value is -1.61. The van der Waals surface area contributed by atoms with E-state index in [4.69, 9.17) is 0 Å². The number of carbonyl (C=O) groups is 1. The van der Waals surface area contributed by atoms with Crippen LogP contribution in [0.25, 0.3) is 0 Å². The third-order valence-corrected chi connectivity index (χ3v) is 3.16. The number of anilines is 2. The van der Waals surface area contributed by atoms with E-state index in [1.807, 2.05) is 0 Å². The van der Waals surface area contributed by atoms with E-state index in [0.717, 1.165) is 12.5 Å². The minimum Gasteiger partial charge on any atom is -0.295 e. The van der Waals surface area contributed by atoms with Gasteiger partial charge in [-0.2, -0.15) is 0 Å². The normalized spacial score (nSPS) is 11.9. The molecule has 0 radical (unpaired) electrons. The number of hydrogen-bond donors (Lipinski definition) is 2. The van der Waals surface area contributed by atoms with Crippen LogP contribution in [0.2, 0.25) is 0 Å². The Morgan fingerprint density at radius 3 is 1.53 bits per heavy atom. The van der Waals surface area contributed by atoms with Crippen LogP contribution in [0, 0.1) is 0 Å². The van der Waals surface area contributed by atoms with Crippen LogP contribution in [0.15, 0.2) is 18.2 Å². The average Bonchev–Trinajstić information content (AvgIpc) is 2.10. The summed E-state index contributed by atoms with van der Waals surface area (Å²) in [5.74, 6) is -0.311. The van der Waals surface area contributed by atoms with Crippen molar-refractivity contribution in [3.8, 4) is 0 Å². The smallest absolute Gasteiger partial charge is 0.229 e. The lowest BCUT2D eigenvalue weighted by Crippen LogP contribution is -2.13. The van der Waals surface area contributed by atoms with Gasteiger partial charge in [0.15, 0.2) is 5.78 Å². The molecule has 1 aromatic carbocycles. The first-order valence-corrected chi connectivity index (χ1v) is 8.86. The lowest BCUT2D eigenvalue weighted by molar-refractivity contribution is 0.101. The summed E-state index contributed by atoms with van der Waals surface area (Å²) in [4.78, 5) is 11.3. The molecule has 0 saturated carbocycles. The highest BCUT2D eigenvalue weighted by Gasteiger charge is 2.10. The van der Waals surface area contributed by atoms with Gasteiger partial charge in [0.2, 0.25) is 20.0 Å². The second kappa shape index (κ2) is 5.17. The lowest BCUT2D eigenvalue weighted by Gasteiger charge is -2.10. The van der Waals surface area contributed by atoms with Crippen LogP contribution in [-0.2, 0) is 20.0 Å². The molecule has 2 N–H and O–H groups in total. The highest BCUT2D eigenvalue weighted by Crippen LogP contribution is 2.21. The molecule has 7 nitrogen and oxygen atoms in total. The maximum absolute atomic E-state index is 11.3. The van der Waals surface area contributed by atoms with Crippen LogP contribution in [0.4, 0.5) is 11.4 Å². The summed E-state index contributed by atoms with van der Waals surface area (Å²) in [6, 6.07) is 3.95. The molecule has 1 rings (SSSR count). The zero-order chi connectivity index (χ0) is 14.8. The van der Waals surface area contributed by atoms with Gasteiger partial charge in [0.25, 0.3) is 0 Å². The van der Waals surface area contributed by atoms with E-state index in [0.29, 0.717) is 0 Å². The van der Waals surface area contributed by atoms with Crippen molar-refractivity contribution in [2.75, 3.05) is 22.0 Å². The van der Waals surface area contributed by atoms with Crippen LogP contribution in [-0.4, -0.2) is 35.1 Å². The highest BCUT2D eigenvalue weighted by atomic mass is 32.2. The van der Waals surface area contributed by atoms with Crippen molar-refractivity contribution in [2.24, 2.45) is 0 Å². The third-order valence-electron chi connectivity index (χ3n) is 1.95. The Morgan fingerprint density at radius 1 is 0.895 bits per heavy atom. The topological polar surface area (TPSA) is 109 Å². The maximum atomic E-state index is 11.3. The van der Waals surface area contributed by atoms with Crippen molar-refractivity contribution < 1.29 is 21.6 Å². The van der Waals surface area contributed by atoms with Gasteiger partial charge in [-0.05, 0) is 25.1 Å². The van der Waals surface area contributed by atoms with Crippen LogP contribution in [0.1, 0.15) is 17.3 Å². The minimum atomic E-state index is -3.52. The summed E-state index contributed by atoms with van der Waals surface area (Å²) in [5.41, 5.74) is 0.419. The fourth-order valence-corrected chi connectivity index (χ4v) is 2.47. The number of benzene rings is 1. The molecule has 0 heterocycles. The molecule has 0 unspecified atom stereocenters. The molecule has 0 atom stereocenters. The predicted octanol–water partition coefficient (Wildman–Crippen LogP) is 0.632. The molecule has 0 aromatic heterocycles. The van der Waals surface area contributed by atoms with E-state index >= 15 is 0 Å². The summed E-state index contributed by atoms with van der Waals surface area (Å²) in [6.07, 6.45) is 1.91. The molecule has 1 aromatic rings. The average molecular weight is 306 g/mol. The fourth-order valence-electron chi connectivity index (χ4n) is 1.38. The number of ketones is 1. The Bertz CT molecular complexity index is 655. The predicted molar refractivity (Wildman–Crippen MR) is 73.4 cm³/mol. The van der Waals surface area contributed by atoms with E-state index in [2.05, 4.69) is 9.44 Å². The number of hydrogen-bond acceptors (Lipinski definition) is 5. The molecule has 0 spiro atoms. The summed E-state index contributed by atoms with van der Waals surface area (Å²) in [5, 5.41) is 0. The molecule has 0 amide bonds. The molecule has 0 aliphatic carbocycles. The standard InChI is InChI=1S/C10H14N2O5S2/c1-7(13)8-4-9(11-18(2,14)15)6-10(5-8)12-19(3,16)17/h4-6,11-12H,1-3H3. The van der Waals surface area contributed by atoms with Crippen LogP contribution >= 0.6 is 0 Å². The zero-order valence-corrected chi connectivity index (χ0v) is 12.2. The van der Waals surface area contributed by atoms with Gasteiger partial charge in [0.05, 0.1) is 23.9 Å². The number of carbonyl (C=O) groups excluding carboxylic acids is 1. The molecule has 106 valence electrons. The van der Waals surface area contributed by atoms with E-state index in [9.17, 15) is 21.6 Å². The van der Waals surface area contributed by atoms with Gasteiger partial charge in [-0.1, -0.05) is 0 Å². The quantitative estimate of drug-likeness (QED) is 0.775. The van der Waals surface area contributed by atoms with Crippen molar-refractivity contribution in [1.82, 2.24) is 0 Å². The summed E-state index contributed by atoms with van der Waals surface area (Å²) >= 11 is 0. The molecular weight excluding hydrogens is 292 g/mol. The molecule has 19 heavy (non-hydrogen) atoms. The van der Waals surface area contributed by atoms with Crippen molar-refractivity contribution in [3.63, 3.8) is 0 Å². The van der Waals surface area contributed by atoms with E-state index in [1.54, 1.807) is 0 Å². The zero-order valence-electron chi connectivity index (χ0n) is 10.6. The lowest BCUT2D eigenvalue weighted by atomic mass is 10.1. The van der Waals surface area contributed by atoms with Crippen molar-refractivity contribution in [2.45, 2.75) is 6.92 Å². The van der Waals surface area contributed by atoms with Crippen molar-refractivity contribution >= 4 is 37.2 Å². The van der Waals surface area contributed by atoms with Crippen LogP contribution in [0.3, 0.4) is 0 Å². The highest BCUT2D eigenvalue weighted by molar-refractivity contribution is 7.92. The molecule has 0 bridgehead atoms. The first-order chi connectivity index (χ1) is 8.46. The largest absolute Gasteiger partial charge is 0.295 e. The first-order valence-electron chi connectivity index (χ1n) is 5.08. The number of nitrogens with one attached hydrogen (secondary N) is 2. The first kappa shape index (κ1) is 15.4. The van der Waals surface area contributed by atoms with Gasteiger partial charge in [0, 0.05) is 5.56 Å². The van der Waals surface area contributed by atoms with Gasteiger partial charge in [-0.3, -0.25) is 14.2 Å². The number of sulfonamides is 2. The van der Waals surface area contributed by atoms with Crippen LogP contribution < -0.4 is 9.44 Å². The Balaban J connectivity index is 3.29. The molecule has 0 aliphatic heterocycles. The fraction of sp³-hybridized carbons (Fsp3) is 0.300. The summed E-state index contributed by atoms with van der Waals surface area (Å²) in [7, 11) is -7.04.